The number of benzene rings is 1. The molecule has 0 aliphatic heterocycles. The van der Waals surface area contributed by atoms with Crippen molar-refractivity contribution in [3.8, 4) is 11.5 Å². The summed E-state index contributed by atoms with van der Waals surface area (Å²) in [6.07, 6.45) is 0. The topological polar surface area (TPSA) is 79.1 Å². The lowest BCUT2D eigenvalue weighted by Crippen LogP contribution is -2.11. The van der Waals surface area contributed by atoms with Gasteiger partial charge in [0.15, 0.2) is 23.3 Å². The Kier molecular flexibility index (Phi) is 3.10. The Hall–Kier alpha value is -2.23. The van der Waals surface area contributed by atoms with Crippen molar-refractivity contribution in [3.05, 3.63) is 33.7 Å². The third kappa shape index (κ3) is 1.99. The number of halogens is 4. The average molecular weight is 294 g/mol. The number of aromatic carboxylic acids is 1. The Labute approximate surface area is 106 Å². The van der Waals surface area contributed by atoms with Crippen LogP contribution < -0.4 is 0 Å². The Bertz CT molecular complexity index is 740. The van der Waals surface area contributed by atoms with E-state index in [4.69, 9.17) is 5.11 Å². The quantitative estimate of drug-likeness (QED) is 0.385. The minimum atomic E-state index is -2.24. The predicted octanol–water partition coefficient (Wildman–Crippen LogP) is 2.65. The largest absolute Gasteiger partial charge is 0.478 e. The van der Waals surface area contributed by atoms with Gasteiger partial charge in [0.25, 0.3) is 10.7 Å². The molecule has 1 heterocycles. The molecule has 2 rings (SSSR count). The number of nitrogens with zero attached hydrogens (tertiary/aromatic N) is 1. The second kappa shape index (κ2) is 4.46. The highest BCUT2D eigenvalue weighted by Gasteiger charge is 2.32. The van der Waals surface area contributed by atoms with Gasteiger partial charge in [-0.2, -0.15) is 0 Å². The molecule has 5 nitrogen and oxygen atoms in total. The van der Waals surface area contributed by atoms with Gasteiger partial charge in [-0.25, -0.2) is 27.5 Å². The number of rotatable bonds is 2. The van der Waals surface area contributed by atoms with Gasteiger partial charge in [-0.3, -0.25) is 0 Å². The number of carboxylic acid groups (broad SMARTS) is 1. The van der Waals surface area contributed by atoms with Gasteiger partial charge in [0.1, 0.15) is 5.56 Å². The summed E-state index contributed by atoms with van der Waals surface area (Å²) in [5.41, 5.74) is -2.61. The molecule has 0 radical (unpaired) electrons. The van der Waals surface area contributed by atoms with Gasteiger partial charge in [0, 0.05) is 0 Å². The first-order valence-electron chi connectivity index (χ1n) is 4.49. The van der Waals surface area contributed by atoms with Gasteiger partial charge in [0.05, 0.1) is 5.56 Å². The molecule has 2 N–H and O–H groups in total. The Morgan fingerprint density at radius 2 is 1.74 bits per heavy atom. The smallest absolute Gasteiger partial charge is 0.339 e. The zero-order valence-electron chi connectivity index (χ0n) is 8.63. The number of aromatic amines is 1. The highest BCUT2D eigenvalue weighted by molar-refractivity contribution is 7.71. The van der Waals surface area contributed by atoms with Gasteiger partial charge in [0.2, 0.25) is 0 Å². The number of carbonyl (C=O) groups is 1. The van der Waals surface area contributed by atoms with Crippen LogP contribution in [-0.2, 0) is 0 Å². The minimum absolute atomic E-state index is 0.379. The second-order valence-electron chi connectivity index (χ2n) is 3.23. The normalized spacial score (nSPS) is 10.7. The van der Waals surface area contributed by atoms with Crippen LogP contribution in [0.4, 0.5) is 17.6 Å². The molecular weight excluding hydrogens is 292 g/mol. The standard InChI is InChI=1S/C9H2F4N2O3S/c10-3-1(7-14-15-9(19)18-7)2(8(16)17)4(11)6(13)5(3)12/h(H,15,19)(H,16,17). The Balaban J connectivity index is 2.93. The lowest BCUT2D eigenvalue weighted by Gasteiger charge is -2.07. The molecule has 0 atom stereocenters. The molecule has 100 valence electrons. The fraction of sp³-hybridized carbons (Fsp3) is 0. The zero-order chi connectivity index (χ0) is 14.3. The Morgan fingerprint density at radius 1 is 1.16 bits per heavy atom. The van der Waals surface area contributed by atoms with Crippen molar-refractivity contribution in [1.82, 2.24) is 10.2 Å². The highest BCUT2D eigenvalue weighted by atomic mass is 32.1. The van der Waals surface area contributed by atoms with E-state index in [2.05, 4.69) is 21.7 Å². The van der Waals surface area contributed by atoms with Crippen molar-refractivity contribution >= 4 is 18.2 Å². The first kappa shape index (κ1) is 13.2. The SMILES string of the molecule is O=C(O)c1c(F)c(F)c(F)c(F)c1-c1n[nH]c(=S)o1. The number of carboxylic acids is 1. The fourth-order valence-corrected chi connectivity index (χ4v) is 1.49. The zero-order valence-corrected chi connectivity index (χ0v) is 9.45. The van der Waals surface area contributed by atoms with Gasteiger partial charge in [-0.05, 0) is 12.2 Å². The molecule has 19 heavy (non-hydrogen) atoms. The molecule has 1 aromatic heterocycles. The van der Waals surface area contributed by atoms with Crippen molar-refractivity contribution < 1.29 is 31.9 Å². The third-order valence-electron chi connectivity index (χ3n) is 2.13. The van der Waals surface area contributed by atoms with Crippen LogP contribution in [-0.4, -0.2) is 21.3 Å². The summed E-state index contributed by atoms with van der Waals surface area (Å²) in [5, 5.41) is 14.0. The van der Waals surface area contributed by atoms with Crippen molar-refractivity contribution in [2.45, 2.75) is 0 Å². The van der Waals surface area contributed by atoms with Crippen LogP contribution in [0.2, 0.25) is 0 Å². The molecule has 0 bridgehead atoms. The van der Waals surface area contributed by atoms with E-state index in [1.54, 1.807) is 0 Å². The minimum Gasteiger partial charge on any atom is -0.478 e. The number of hydrogen-bond donors (Lipinski definition) is 2. The summed E-state index contributed by atoms with van der Waals surface area (Å²) in [6.45, 7) is 0. The first-order valence-corrected chi connectivity index (χ1v) is 4.90. The number of nitrogens with one attached hydrogen (secondary N) is 1. The van der Waals surface area contributed by atoms with Gasteiger partial charge in [-0.1, -0.05) is 0 Å². The first-order chi connectivity index (χ1) is 8.84. The molecule has 0 saturated heterocycles. The lowest BCUT2D eigenvalue weighted by molar-refractivity contribution is 0.0690. The van der Waals surface area contributed by atoms with Gasteiger partial charge in [-0.15, -0.1) is 5.10 Å². The summed E-state index contributed by atoms with van der Waals surface area (Å²) in [4.78, 5) is 10.5. The second-order valence-corrected chi connectivity index (χ2v) is 3.60. The highest BCUT2D eigenvalue weighted by Crippen LogP contribution is 2.31. The van der Waals surface area contributed by atoms with E-state index >= 15 is 0 Å². The summed E-state index contributed by atoms with van der Waals surface area (Å²) in [5.74, 6) is -11.3. The average Bonchev–Trinajstić information content (AvgIpc) is 2.76. The van der Waals surface area contributed by atoms with Crippen molar-refractivity contribution in [1.29, 1.82) is 0 Å². The molecule has 0 spiro atoms. The molecular formula is C9H2F4N2O3S. The number of hydrogen-bond acceptors (Lipinski definition) is 4. The summed E-state index contributed by atoms with van der Waals surface area (Å²) in [7, 11) is 0. The monoisotopic (exact) mass is 294 g/mol. The maximum Gasteiger partial charge on any atom is 0.339 e. The fourth-order valence-electron chi connectivity index (χ4n) is 1.37. The number of aromatic nitrogens is 2. The van der Waals surface area contributed by atoms with E-state index < -0.39 is 46.3 Å². The third-order valence-corrected chi connectivity index (χ3v) is 2.31. The van der Waals surface area contributed by atoms with E-state index in [1.807, 2.05) is 5.10 Å². The van der Waals surface area contributed by atoms with Gasteiger partial charge < -0.3 is 9.52 Å². The van der Waals surface area contributed by atoms with E-state index in [0.717, 1.165) is 0 Å². The maximum atomic E-state index is 13.6. The van der Waals surface area contributed by atoms with Crippen LogP contribution in [0.3, 0.4) is 0 Å². The lowest BCUT2D eigenvalue weighted by atomic mass is 10.1. The van der Waals surface area contributed by atoms with E-state index in [0.29, 0.717) is 0 Å². The molecule has 0 unspecified atom stereocenters. The van der Waals surface area contributed by atoms with Crippen molar-refractivity contribution in [3.63, 3.8) is 0 Å². The molecule has 0 aliphatic carbocycles. The van der Waals surface area contributed by atoms with Crippen LogP contribution >= 0.6 is 12.2 Å². The molecule has 0 saturated carbocycles. The molecule has 10 heteroatoms. The summed E-state index contributed by atoms with van der Waals surface area (Å²) >= 11 is 4.46. The molecule has 2 aromatic rings. The molecule has 0 amide bonds. The molecule has 0 aliphatic rings. The van der Waals surface area contributed by atoms with Gasteiger partial charge >= 0.3 is 5.97 Å². The van der Waals surface area contributed by atoms with Crippen LogP contribution in [0.5, 0.6) is 0 Å². The summed E-state index contributed by atoms with van der Waals surface area (Å²) < 4.78 is 57.6. The predicted molar refractivity (Wildman–Crippen MR) is 53.9 cm³/mol. The molecule has 0 fully saturated rings. The van der Waals surface area contributed by atoms with Crippen LogP contribution in [0.15, 0.2) is 4.42 Å². The van der Waals surface area contributed by atoms with Crippen molar-refractivity contribution in [2.75, 3.05) is 0 Å². The van der Waals surface area contributed by atoms with E-state index in [1.165, 1.54) is 0 Å². The maximum absolute atomic E-state index is 13.6. The Morgan fingerprint density at radius 3 is 2.21 bits per heavy atom. The van der Waals surface area contributed by atoms with Crippen LogP contribution in [0.1, 0.15) is 10.4 Å². The summed E-state index contributed by atoms with van der Waals surface area (Å²) in [6, 6.07) is 0. The van der Waals surface area contributed by atoms with Crippen molar-refractivity contribution in [2.24, 2.45) is 0 Å². The van der Waals surface area contributed by atoms with E-state index in [-0.39, 0.29) is 4.84 Å². The number of H-pyrrole nitrogens is 1. The molecule has 1 aromatic carbocycles. The van der Waals surface area contributed by atoms with Crippen LogP contribution in [0, 0.1) is 28.1 Å². The van der Waals surface area contributed by atoms with Crippen LogP contribution in [0.25, 0.3) is 11.5 Å². The van der Waals surface area contributed by atoms with E-state index in [9.17, 15) is 22.4 Å².